The summed E-state index contributed by atoms with van der Waals surface area (Å²) >= 11 is 5.87. The Kier molecular flexibility index (Phi) is 3.94. The highest BCUT2D eigenvalue weighted by Gasteiger charge is 2.49. The molecule has 5 nitrogen and oxygen atoms in total. The summed E-state index contributed by atoms with van der Waals surface area (Å²) in [6, 6.07) is 8.94. The van der Waals surface area contributed by atoms with Crippen LogP contribution in [0.4, 0.5) is 0 Å². The van der Waals surface area contributed by atoms with Crippen molar-refractivity contribution >= 4 is 22.5 Å². The van der Waals surface area contributed by atoms with Gasteiger partial charge in [0.1, 0.15) is 29.7 Å². The number of fused-ring (bicyclic) bond motifs is 1. The van der Waals surface area contributed by atoms with Gasteiger partial charge in [0.2, 0.25) is 0 Å². The molecule has 1 saturated heterocycles. The van der Waals surface area contributed by atoms with Crippen LogP contribution in [-0.2, 0) is 4.74 Å². The molecular weight excluding hydrogens is 306 g/mol. The van der Waals surface area contributed by atoms with Gasteiger partial charge < -0.3 is 19.7 Å². The number of halogens is 1. The zero-order valence-corrected chi connectivity index (χ0v) is 12.3. The number of aromatic nitrogens is 1. The molecule has 0 amide bonds. The van der Waals surface area contributed by atoms with E-state index >= 15 is 0 Å². The molecule has 1 aliphatic heterocycles. The number of hydrogen-bond acceptors (Lipinski definition) is 5. The van der Waals surface area contributed by atoms with Crippen LogP contribution in [0.5, 0.6) is 5.75 Å². The van der Waals surface area contributed by atoms with E-state index in [0.29, 0.717) is 16.4 Å². The van der Waals surface area contributed by atoms with Crippen molar-refractivity contribution in [2.45, 2.75) is 17.8 Å². The summed E-state index contributed by atoms with van der Waals surface area (Å²) in [5.41, 5.74) is -1.04. The normalized spacial score (nSPS) is 27.7. The smallest absolute Gasteiger partial charge is 0.182 e. The third kappa shape index (κ3) is 2.62. The van der Waals surface area contributed by atoms with Gasteiger partial charge in [0.05, 0.1) is 12.1 Å². The van der Waals surface area contributed by atoms with Gasteiger partial charge in [0.15, 0.2) is 5.60 Å². The van der Waals surface area contributed by atoms with Crippen LogP contribution in [0.15, 0.2) is 30.3 Å². The fraction of sp³-hybridized carbons (Fsp3) is 0.312. The van der Waals surface area contributed by atoms with Crippen LogP contribution in [0.1, 0.15) is 0 Å². The molecule has 3 atom stereocenters. The predicted molar refractivity (Wildman–Crippen MR) is 81.8 cm³/mol. The number of nitrogens with zero attached hydrogens (tertiary/aromatic N) is 1. The molecule has 0 unspecified atom stereocenters. The summed E-state index contributed by atoms with van der Waals surface area (Å²) in [4.78, 5) is 4.21. The average Bonchev–Trinajstić information content (AvgIpc) is 2.80. The molecule has 1 aromatic heterocycles. The number of aliphatic hydroxyl groups excluding tert-OH is 1. The van der Waals surface area contributed by atoms with Crippen molar-refractivity contribution in [3.05, 3.63) is 35.5 Å². The van der Waals surface area contributed by atoms with Crippen LogP contribution in [0.2, 0.25) is 5.15 Å². The van der Waals surface area contributed by atoms with Gasteiger partial charge in [-0.15, -0.1) is 6.42 Å². The average molecular weight is 320 g/mol. The third-order valence-corrected chi connectivity index (χ3v) is 3.93. The Bertz CT molecular complexity index is 744. The predicted octanol–water partition coefficient (Wildman–Crippen LogP) is 1.39. The Balaban J connectivity index is 1.76. The molecule has 1 fully saturated rings. The van der Waals surface area contributed by atoms with E-state index in [4.69, 9.17) is 27.5 Å². The highest BCUT2D eigenvalue weighted by atomic mass is 35.5. The van der Waals surface area contributed by atoms with E-state index in [1.165, 1.54) is 0 Å². The van der Waals surface area contributed by atoms with Gasteiger partial charge in [-0.25, -0.2) is 4.98 Å². The van der Waals surface area contributed by atoms with Crippen LogP contribution in [-0.4, -0.2) is 46.2 Å². The molecule has 114 valence electrons. The van der Waals surface area contributed by atoms with Crippen molar-refractivity contribution in [1.29, 1.82) is 0 Å². The van der Waals surface area contributed by atoms with E-state index < -0.39 is 17.8 Å². The Hall–Kier alpha value is -1.84. The molecule has 2 N–H and O–H groups in total. The van der Waals surface area contributed by atoms with Gasteiger partial charge in [-0.2, -0.15) is 0 Å². The number of aliphatic hydroxyl groups is 2. The Morgan fingerprint density at radius 3 is 3.00 bits per heavy atom. The van der Waals surface area contributed by atoms with Crippen LogP contribution in [0, 0.1) is 12.3 Å². The summed E-state index contributed by atoms with van der Waals surface area (Å²) < 4.78 is 10.9. The number of pyridine rings is 1. The lowest BCUT2D eigenvalue weighted by atomic mass is 9.94. The second kappa shape index (κ2) is 5.75. The molecule has 0 aliphatic carbocycles. The molecule has 6 heteroatoms. The summed E-state index contributed by atoms with van der Waals surface area (Å²) in [5.74, 6) is 2.73. The van der Waals surface area contributed by atoms with Crippen molar-refractivity contribution in [2.75, 3.05) is 13.2 Å². The maximum Gasteiger partial charge on any atom is 0.182 e. The Labute approximate surface area is 132 Å². The third-order valence-electron chi connectivity index (χ3n) is 3.72. The highest BCUT2D eigenvalue weighted by molar-refractivity contribution is 6.29. The van der Waals surface area contributed by atoms with Crippen molar-refractivity contribution in [2.24, 2.45) is 0 Å². The van der Waals surface area contributed by atoms with Gasteiger partial charge >= 0.3 is 0 Å². The summed E-state index contributed by atoms with van der Waals surface area (Å²) in [7, 11) is 0. The van der Waals surface area contributed by atoms with E-state index in [0.717, 1.165) is 5.39 Å². The molecule has 0 saturated carbocycles. The second-order valence-corrected chi connectivity index (χ2v) is 5.49. The van der Waals surface area contributed by atoms with E-state index in [1.54, 1.807) is 18.2 Å². The molecule has 0 bridgehead atoms. The molecule has 3 rings (SSSR count). The van der Waals surface area contributed by atoms with E-state index in [2.05, 4.69) is 10.9 Å². The van der Waals surface area contributed by atoms with Crippen molar-refractivity contribution in [3.63, 3.8) is 0 Å². The minimum atomic E-state index is -1.74. The second-order valence-electron chi connectivity index (χ2n) is 5.11. The monoisotopic (exact) mass is 319 g/mol. The number of ether oxygens (including phenoxy) is 2. The maximum absolute atomic E-state index is 10.2. The quantitative estimate of drug-likeness (QED) is 0.661. The van der Waals surface area contributed by atoms with Crippen LogP contribution < -0.4 is 4.74 Å². The van der Waals surface area contributed by atoms with Crippen molar-refractivity contribution in [3.8, 4) is 18.1 Å². The fourth-order valence-electron chi connectivity index (χ4n) is 2.37. The van der Waals surface area contributed by atoms with Gasteiger partial charge in [0.25, 0.3) is 0 Å². The largest absolute Gasteiger partial charge is 0.491 e. The first-order chi connectivity index (χ1) is 10.5. The van der Waals surface area contributed by atoms with Gasteiger partial charge in [0, 0.05) is 11.5 Å². The fourth-order valence-corrected chi connectivity index (χ4v) is 2.53. The van der Waals surface area contributed by atoms with Gasteiger partial charge in [-0.05, 0) is 24.3 Å². The maximum atomic E-state index is 10.2. The first-order valence-corrected chi connectivity index (χ1v) is 7.09. The lowest BCUT2D eigenvalue weighted by Gasteiger charge is -2.25. The first-order valence-electron chi connectivity index (χ1n) is 6.72. The van der Waals surface area contributed by atoms with Crippen molar-refractivity contribution in [1.82, 2.24) is 4.98 Å². The van der Waals surface area contributed by atoms with E-state index in [-0.39, 0.29) is 13.2 Å². The summed E-state index contributed by atoms with van der Waals surface area (Å²) in [6.45, 7) is -0.00651. The van der Waals surface area contributed by atoms with Crippen LogP contribution >= 0.6 is 11.6 Å². The van der Waals surface area contributed by atoms with Gasteiger partial charge in [-0.3, -0.25) is 0 Å². The molecule has 2 heterocycles. The molecule has 1 aromatic carbocycles. The van der Waals surface area contributed by atoms with Gasteiger partial charge in [-0.1, -0.05) is 17.5 Å². The molecule has 1 aliphatic rings. The Morgan fingerprint density at radius 1 is 1.45 bits per heavy atom. The van der Waals surface area contributed by atoms with Crippen LogP contribution in [0.3, 0.4) is 0 Å². The number of terminal acetylenes is 1. The first kappa shape index (κ1) is 15.1. The minimum absolute atomic E-state index is 0.0177. The Morgan fingerprint density at radius 2 is 2.23 bits per heavy atom. The van der Waals surface area contributed by atoms with Crippen molar-refractivity contribution < 1.29 is 19.7 Å². The zero-order valence-electron chi connectivity index (χ0n) is 11.6. The minimum Gasteiger partial charge on any atom is -0.491 e. The highest BCUT2D eigenvalue weighted by Crippen LogP contribution is 2.27. The topological polar surface area (TPSA) is 71.8 Å². The number of hydrogen-bond donors (Lipinski definition) is 2. The molecule has 0 radical (unpaired) electrons. The number of benzene rings is 1. The molecule has 22 heavy (non-hydrogen) atoms. The lowest BCUT2D eigenvalue weighted by Crippen LogP contribution is -2.48. The van der Waals surface area contributed by atoms with Crippen LogP contribution in [0.25, 0.3) is 10.9 Å². The van der Waals surface area contributed by atoms with E-state index in [9.17, 15) is 10.2 Å². The summed E-state index contributed by atoms with van der Waals surface area (Å²) in [5, 5.41) is 21.2. The zero-order chi connectivity index (χ0) is 15.7. The molecular formula is C16H14ClNO4. The molecule has 2 aromatic rings. The standard InChI is InChI=1S/C16H14ClNO4/c1-2-16(20)13(19)8-22-14(16)9-21-11-5-3-10-4-6-15(17)18-12(10)7-11/h1,3-7,13-14,19-20H,8-9H2/t13-,14+,16-/m0/s1. The number of rotatable bonds is 3. The van der Waals surface area contributed by atoms with E-state index in [1.807, 2.05) is 12.1 Å². The summed E-state index contributed by atoms with van der Waals surface area (Å²) in [6.07, 6.45) is 3.37. The molecule has 0 spiro atoms. The SMILES string of the molecule is C#C[C@]1(O)[C@@H](O)CO[C@@H]1COc1ccc2ccc(Cl)nc2c1. The lowest BCUT2D eigenvalue weighted by molar-refractivity contribution is -0.0474.